The third kappa shape index (κ3) is 14.2. The Balaban J connectivity index is 0. The van der Waals surface area contributed by atoms with Crippen LogP contribution in [0.25, 0.3) is 0 Å². The van der Waals surface area contributed by atoms with Gasteiger partial charge in [-0.05, 0) is 6.92 Å². The molecular formula is C15H17F17O2. The molecule has 0 bridgehead atoms. The van der Waals surface area contributed by atoms with Gasteiger partial charge in [0.05, 0.1) is 6.61 Å². The summed E-state index contributed by atoms with van der Waals surface area (Å²) in [5.41, 5.74) is 0. The van der Waals surface area contributed by atoms with Crippen molar-refractivity contribution in [2.24, 2.45) is 0 Å². The van der Waals surface area contributed by atoms with Crippen LogP contribution in [0.15, 0.2) is 0 Å². The molecule has 1 rings (SSSR count). The van der Waals surface area contributed by atoms with Crippen molar-refractivity contribution in [3.05, 3.63) is 0 Å². The lowest BCUT2D eigenvalue weighted by Crippen LogP contribution is -2.41. The highest BCUT2D eigenvalue weighted by atomic mass is 19.4. The third-order valence-corrected chi connectivity index (χ3v) is 3.51. The monoisotopic (exact) mass is 552 g/mol. The van der Waals surface area contributed by atoms with E-state index in [1.54, 1.807) is 0 Å². The summed E-state index contributed by atoms with van der Waals surface area (Å²) in [5, 5.41) is 0. The third-order valence-electron chi connectivity index (χ3n) is 3.51. The number of ether oxygens (including phenoxy) is 2. The molecule has 0 N–H and O–H groups in total. The zero-order valence-corrected chi connectivity index (χ0v) is 16.6. The first-order valence-electron chi connectivity index (χ1n) is 8.53. The second kappa shape index (κ2) is 13.2. The lowest BCUT2D eigenvalue weighted by molar-refractivity contribution is -0.355. The van der Waals surface area contributed by atoms with E-state index < -0.39 is 87.9 Å². The zero-order valence-electron chi connectivity index (χ0n) is 16.6. The minimum atomic E-state index is -5.08. The van der Waals surface area contributed by atoms with Crippen LogP contribution in [0.1, 0.15) is 26.2 Å². The average molecular weight is 552 g/mol. The molecule has 3 atom stereocenters. The van der Waals surface area contributed by atoms with Crippen LogP contribution < -0.4 is 0 Å². The number of hydrogen-bond acceptors (Lipinski definition) is 2. The predicted molar refractivity (Wildman–Crippen MR) is 79.1 cm³/mol. The van der Waals surface area contributed by atoms with Crippen LogP contribution in [0.3, 0.4) is 0 Å². The minimum absolute atomic E-state index is 0.219. The molecule has 0 heterocycles. The topological polar surface area (TPSA) is 18.5 Å². The molecule has 34 heavy (non-hydrogen) atoms. The fourth-order valence-electron chi connectivity index (χ4n) is 1.62. The maximum atomic E-state index is 12.2. The largest absolute Gasteiger partial charge is 0.421 e. The highest BCUT2D eigenvalue weighted by Crippen LogP contribution is 2.43. The molecule has 1 aliphatic rings. The number of halogens is 17. The summed E-state index contributed by atoms with van der Waals surface area (Å²) in [5.74, 6) is -6.80. The maximum Gasteiger partial charge on any atom is 0.421 e. The quantitative estimate of drug-likeness (QED) is 0.320. The smallest absolute Gasteiger partial charge is 0.347 e. The molecule has 0 saturated heterocycles. The molecule has 2 nitrogen and oxygen atoms in total. The maximum absolute atomic E-state index is 12.2. The fourth-order valence-corrected chi connectivity index (χ4v) is 1.62. The van der Waals surface area contributed by atoms with Crippen LogP contribution in [0.5, 0.6) is 0 Å². The van der Waals surface area contributed by atoms with E-state index in [0.717, 1.165) is 0 Å². The molecule has 19 heteroatoms. The molecule has 0 radical (unpaired) electrons. The molecule has 208 valence electrons. The van der Waals surface area contributed by atoms with E-state index >= 15 is 0 Å². The van der Waals surface area contributed by atoms with Crippen molar-refractivity contribution >= 4 is 0 Å². The van der Waals surface area contributed by atoms with Crippen molar-refractivity contribution in [3.63, 3.8) is 0 Å². The first kappa shape index (κ1) is 34.9. The first-order chi connectivity index (χ1) is 14.9. The summed E-state index contributed by atoms with van der Waals surface area (Å²) in [6, 6.07) is 0. The van der Waals surface area contributed by atoms with E-state index in [1.165, 1.54) is 0 Å². The molecule has 1 fully saturated rings. The molecule has 3 unspecified atom stereocenters. The van der Waals surface area contributed by atoms with Gasteiger partial charge in [0.25, 0.3) is 11.8 Å². The Morgan fingerprint density at radius 3 is 1.62 bits per heavy atom. The van der Waals surface area contributed by atoms with Gasteiger partial charge in [0.2, 0.25) is 6.17 Å². The molecule has 1 saturated carbocycles. The number of hydrogen-bond donors (Lipinski definition) is 0. The summed E-state index contributed by atoms with van der Waals surface area (Å²) in [6.45, 7) is -2.47. The van der Waals surface area contributed by atoms with Gasteiger partial charge in [-0.2, -0.15) is 35.1 Å². The van der Waals surface area contributed by atoms with Crippen molar-refractivity contribution < 1.29 is 84.1 Å². The van der Waals surface area contributed by atoms with Gasteiger partial charge in [0.1, 0.15) is 0 Å². The Labute approximate surface area is 180 Å². The lowest BCUT2D eigenvalue weighted by Gasteiger charge is -2.30. The van der Waals surface area contributed by atoms with Crippen LogP contribution in [0.2, 0.25) is 0 Å². The van der Waals surface area contributed by atoms with Gasteiger partial charge < -0.3 is 9.47 Å². The highest BCUT2D eigenvalue weighted by Gasteiger charge is 2.52. The van der Waals surface area contributed by atoms with Gasteiger partial charge in [0, 0.05) is 19.3 Å². The molecule has 0 aromatic carbocycles. The summed E-state index contributed by atoms with van der Waals surface area (Å²) in [7, 11) is 0. The molecule has 0 aliphatic heterocycles. The number of alkyl halides is 17. The second-order valence-electron chi connectivity index (χ2n) is 6.44. The zero-order chi connectivity index (χ0) is 27.8. The SMILES string of the molecule is CC(OC(F)(F)C(F)F)C(F)(F)F.FC1CC(F)(F)CCC1(F)F.FCOCC(F)C(F)(F)F. The van der Waals surface area contributed by atoms with E-state index in [4.69, 9.17) is 0 Å². The molecule has 1 aliphatic carbocycles. The van der Waals surface area contributed by atoms with Gasteiger partial charge >= 0.3 is 24.9 Å². The Bertz CT molecular complexity index is 560. The summed E-state index contributed by atoms with van der Waals surface area (Å²) in [4.78, 5) is 0. The predicted octanol–water partition coefficient (Wildman–Crippen LogP) is 7.42. The Morgan fingerprint density at radius 2 is 1.32 bits per heavy atom. The van der Waals surface area contributed by atoms with E-state index in [-0.39, 0.29) is 6.92 Å². The van der Waals surface area contributed by atoms with Crippen molar-refractivity contribution in [3.8, 4) is 0 Å². The fraction of sp³-hybridized carbons (Fsp3) is 1.00. The van der Waals surface area contributed by atoms with Crippen LogP contribution in [0.4, 0.5) is 74.6 Å². The molecule has 0 spiro atoms. The highest BCUT2D eigenvalue weighted by molar-refractivity contribution is 4.89. The average Bonchev–Trinajstić information content (AvgIpc) is 2.62. The van der Waals surface area contributed by atoms with E-state index in [2.05, 4.69) is 9.47 Å². The molecular weight excluding hydrogens is 535 g/mol. The Morgan fingerprint density at radius 1 is 0.853 bits per heavy atom. The molecule has 0 aromatic heterocycles. The summed E-state index contributed by atoms with van der Waals surface area (Å²) in [6.07, 6.45) is -31.4. The van der Waals surface area contributed by atoms with Gasteiger partial charge in [-0.1, -0.05) is 0 Å². The van der Waals surface area contributed by atoms with E-state index in [0.29, 0.717) is 0 Å². The van der Waals surface area contributed by atoms with Crippen LogP contribution in [0, 0.1) is 0 Å². The van der Waals surface area contributed by atoms with Crippen molar-refractivity contribution in [1.29, 1.82) is 0 Å². The summed E-state index contributed by atoms with van der Waals surface area (Å²) >= 11 is 0. The van der Waals surface area contributed by atoms with Gasteiger partial charge in [-0.3, -0.25) is 0 Å². The lowest BCUT2D eigenvalue weighted by atomic mass is 9.92. The van der Waals surface area contributed by atoms with Crippen molar-refractivity contribution in [2.45, 2.75) is 81.4 Å². The molecule has 0 amide bonds. The Kier molecular flexibility index (Phi) is 13.5. The van der Waals surface area contributed by atoms with Crippen molar-refractivity contribution in [1.82, 2.24) is 0 Å². The normalized spacial score (nSPS) is 22.1. The second-order valence-corrected chi connectivity index (χ2v) is 6.44. The van der Waals surface area contributed by atoms with E-state index in [1.807, 2.05) is 0 Å². The minimum Gasteiger partial charge on any atom is -0.347 e. The van der Waals surface area contributed by atoms with Gasteiger partial charge in [0.15, 0.2) is 19.1 Å². The van der Waals surface area contributed by atoms with Crippen LogP contribution in [-0.4, -0.2) is 68.6 Å². The van der Waals surface area contributed by atoms with E-state index in [9.17, 15) is 74.6 Å². The first-order valence-corrected chi connectivity index (χ1v) is 8.53. The van der Waals surface area contributed by atoms with Gasteiger partial charge in [-0.15, -0.1) is 0 Å². The number of rotatable bonds is 6. The van der Waals surface area contributed by atoms with Crippen molar-refractivity contribution in [2.75, 3.05) is 13.5 Å². The summed E-state index contributed by atoms with van der Waals surface area (Å²) < 4.78 is 205. The Hall–Kier alpha value is -1.27. The van der Waals surface area contributed by atoms with Crippen LogP contribution >= 0.6 is 0 Å². The van der Waals surface area contributed by atoms with Gasteiger partial charge in [-0.25, -0.2) is 39.5 Å². The molecule has 0 aromatic rings. The van der Waals surface area contributed by atoms with Crippen LogP contribution in [-0.2, 0) is 9.47 Å². The standard InChI is InChI=1S/C6H7F5.C5H5F7O.C4H5F5O/c7-4-3-5(8,9)1-2-6(4,10)11;1-2(4(8,9)10)13-5(11,12)3(6)7;5-2-10-1-3(6)4(7,8)9/h4H,1-3H2;2-3H,1H3;3H,1-2H2.